The number of rotatable bonds is 8. The van der Waals surface area contributed by atoms with Crippen LogP contribution in [0.4, 0.5) is 0 Å². The van der Waals surface area contributed by atoms with E-state index in [4.69, 9.17) is 4.74 Å². The van der Waals surface area contributed by atoms with Gasteiger partial charge < -0.3 is 15.0 Å². The van der Waals surface area contributed by atoms with Gasteiger partial charge in [-0.05, 0) is 43.0 Å². The number of nitrogens with one attached hydrogen (secondary N) is 1. The molecule has 5 nitrogen and oxygen atoms in total. The van der Waals surface area contributed by atoms with E-state index in [1.165, 1.54) is 0 Å². The van der Waals surface area contributed by atoms with E-state index < -0.39 is 6.04 Å². The molecular weight excluding hydrogens is 340 g/mol. The molecule has 0 saturated heterocycles. The van der Waals surface area contributed by atoms with Gasteiger partial charge in [0.25, 0.3) is 5.91 Å². The van der Waals surface area contributed by atoms with E-state index in [0.29, 0.717) is 18.7 Å². The van der Waals surface area contributed by atoms with Crippen LogP contribution in [0.2, 0.25) is 0 Å². The summed E-state index contributed by atoms with van der Waals surface area (Å²) in [6, 6.07) is 14.9. The molecule has 0 aliphatic carbocycles. The van der Waals surface area contributed by atoms with E-state index in [1.807, 2.05) is 69.3 Å². The Morgan fingerprint density at radius 1 is 1.07 bits per heavy atom. The van der Waals surface area contributed by atoms with Crippen molar-refractivity contribution in [1.29, 1.82) is 0 Å². The lowest BCUT2D eigenvalue weighted by Gasteiger charge is -2.30. The number of amides is 2. The lowest BCUT2D eigenvalue weighted by Crippen LogP contribution is -2.49. The van der Waals surface area contributed by atoms with E-state index in [2.05, 4.69) is 5.32 Å². The van der Waals surface area contributed by atoms with Gasteiger partial charge in [0.05, 0.1) is 0 Å². The predicted octanol–water partition coefficient (Wildman–Crippen LogP) is 3.24. The second-order valence-electron chi connectivity index (χ2n) is 6.53. The van der Waals surface area contributed by atoms with Crippen LogP contribution in [-0.4, -0.2) is 36.4 Å². The number of hydrogen-bond donors (Lipinski definition) is 1. The van der Waals surface area contributed by atoms with Gasteiger partial charge in [-0.2, -0.15) is 0 Å². The summed E-state index contributed by atoms with van der Waals surface area (Å²) in [6.07, 6.45) is 0.529. The number of aryl methyl sites for hydroxylation is 1. The average Bonchev–Trinajstić information content (AvgIpc) is 2.69. The highest BCUT2D eigenvalue weighted by atomic mass is 16.5. The largest absolute Gasteiger partial charge is 0.483 e. The maximum absolute atomic E-state index is 13.0. The number of likely N-dealkylation sites (N-methyl/N-ethyl adjacent to an activating group) is 1. The molecular formula is C22H28N2O3. The molecule has 0 aliphatic rings. The first-order valence-corrected chi connectivity index (χ1v) is 9.21. The van der Waals surface area contributed by atoms with Gasteiger partial charge >= 0.3 is 0 Å². The van der Waals surface area contributed by atoms with Crippen molar-refractivity contribution >= 4 is 11.8 Å². The van der Waals surface area contributed by atoms with E-state index in [1.54, 1.807) is 11.9 Å². The first kappa shape index (κ1) is 20.5. The highest BCUT2D eigenvalue weighted by Gasteiger charge is 2.28. The molecule has 1 atom stereocenters. The summed E-state index contributed by atoms with van der Waals surface area (Å²) in [5.41, 5.74) is 3.09. The van der Waals surface area contributed by atoms with Crippen LogP contribution >= 0.6 is 0 Å². The highest BCUT2D eigenvalue weighted by Crippen LogP contribution is 2.21. The molecule has 2 aromatic carbocycles. The molecule has 144 valence electrons. The summed E-state index contributed by atoms with van der Waals surface area (Å²) in [5, 5.41) is 2.65. The van der Waals surface area contributed by atoms with Crippen molar-refractivity contribution in [3.05, 3.63) is 65.2 Å². The van der Waals surface area contributed by atoms with Gasteiger partial charge in [-0.25, -0.2) is 0 Å². The molecule has 0 bridgehead atoms. The summed E-state index contributed by atoms with van der Waals surface area (Å²) < 4.78 is 5.78. The highest BCUT2D eigenvalue weighted by molar-refractivity contribution is 5.88. The SMILES string of the molecule is CC[C@H](C(=O)NC)N(Cc1ccccc1)C(=O)COc1cccc(C)c1C. The molecule has 2 amide bonds. The molecule has 0 radical (unpaired) electrons. The van der Waals surface area contributed by atoms with Gasteiger partial charge in [0, 0.05) is 13.6 Å². The summed E-state index contributed by atoms with van der Waals surface area (Å²) in [6.45, 7) is 6.13. The van der Waals surface area contributed by atoms with Crippen molar-refractivity contribution in [2.45, 2.75) is 39.8 Å². The van der Waals surface area contributed by atoms with Crippen LogP contribution in [-0.2, 0) is 16.1 Å². The fourth-order valence-corrected chi connectivity index (χ4v) is 2.97. The molecule has 0 heterocycles. The average molecular weight is 368 g/mol. The van der Waals surface area contributed by atoms with Crippen molar-refractivity contribution < 1.29 is 14.3 Å². The van der Waals surface area contributed by atoms with Crippen LogP contribution in [0.25, 0.3) is 0 Å². The summed E-state index contributed by atoms with van der Waals surface area (Å²) in [5.74, 6) is 0.305. The van der Waals surface area contributed by atoms with Gasteiger partial charge in [0.2, 0.25) is 5.91 Å². The standard InChI is InChI=1S/C22H28N2O3/c1-5-19(22(26)23-4)24(14-18-11-7-6-8-12-18)21(25)15-27-20-13-9-10-16(2)17(20)3/h6-13,19H,5,14-15H2,1-4H3,(H,23,26)/t19-/m1/s1. The Morgan fingerprint density at radius 3 is 2.41 bits per heavy atom. The molecule has 0 spiro atoms. The summed E-state index contributed by atoms with van der Waals surface area (Å²) in [7, 11) is 1.59. The van der Waals surface area contributed by atoms with E-state index >= 15 is 0 Å². The molecule has 0 aromatic heterocycles. The van der Waals surface area contributed by atoms with E-state index in [-0.39, 0.29) is 18.4 Å². The first-order chi connectivity index (χ1) is 13.0. The number of carbonyl (C=O) groups is 2. The molecule has 2 rings (SSSR count). The Morgan fingerprint density at radius 2 is 1.78 bits per heavy atom. The molecule has 0 saturated carbocycles. The van der Waals surface area contributed by atoms with Crippen LogP contribution in [0.15, 0.2) is 48.5 Å². The van der Waals surface area contributed by atoms with Crippen molar-refractivity contribution in [2.24, 2.45) is 0 Å². The molecule has 2 aromatic rings. The molecule has 0 aliphatic heterocycles. The number of ether oxygens (including phenoxy) is 1. The summed E-state index contributed by atoms with van der Waals surface area (Å²) >= 11 is 0. The van der Waals surface area contributed by atoms with Crippen molar-refractivity contribution in [3.63, 3.8) is 0 Å². The lowest BCUT2D eigenvalue weighted by molar-refractivity contribution is -0.142. The van der Waals surface area contributed by atoms with Crippen molar-refractivity contribution in [3.8, 4) is 5.75 Å². The zero-order valence-electron chi connectivity index (χ0n) is 16.5. The van der Waals surface area contributed by atoms with Crippen molar-refractivity contribution in [1.82, 2.24) is 10.2 Å². The molecule has 0 unspecified atom stereocenters. The maximum atomic E-state index is 13.0. The predicted molar refractivity (Wildman–Crippen MR) is 107 cm³/mol. The van der Waals surface area contributed by atoms with Crippen LogP contribution < -0.4 is 10.1 Å². The quantitative estimate of drug-likeness (QED) is 0.778. The van der Waals surface area contributed by atoms with Crippen LogP contribution in [0.3, 0.4) is 0 Å². The Kier molecular flexibility index (Phi) is 7.41. The monoisotopic (exact) mass is 368 g/mol. The third kappa shape index (κ3) is 5.33. The third-order valence-electron chi connectivity index (χ3n) is 4.73. The topological polar surface area (TPSA) is 58.6 Å². The van der Waals surface area contributed by atoms with Crippen LogP contribution in [0.1, 0.15) is 30.0 Å². The normalized spacial score (nSPS) is 11.6. The summed E-state index contributed by atoms with van der Waals surface area (Å²) in [4.78, 5) is 26.9. The number of nitrogens with zero attached hydrogens (tertiary/aromatic N) is 1. The van der Waals surface area contributed by atoms with Gasteiger partial charge in [-0.1, -0.05) is 49.4 Å². The smallest absolute Gasteiger partial charge is 0.261 e. The zero-order valence-corrected chi connectivity index (χ0v) is 16.5. The Hall–Kier alpha value is -2.82. The minimum Gasteiger partial charge on any atom is -0.483 e. The van der Waals surface area contributed by atoms with Gasteiger partial charge in [-0.3, -0.25) is 9.59 Å². The van der Waals surface area contributed by atoms with E-state index in [0.717, 1.165) is 16.7 Å². The minimum atomic E-state index is -0.537. The van der Waals surface area contributed by atoms with Gasteiger partial charge in [0.1, 0.15) is 11.8 Å². The second-order valence-corrected chi connectivity index (χ2v) is 6.53. The van der Waals surface area contributed by atoms with Crippen LogP contribution in [0, 0.1) is 13.8 Å². The van der Waals surface area contributed by atoms with Gasteiger partial charge in [0.15, 0.2) is 6.61 Å². The van der Waals surface area contributed by atoms with E-state index in [9.17, 15) is 9.59 Å². The third-order valence-corrected chi connectivity index (χ3v) is 4.73. The molecule has 1 N–H and O–H groups in total. The fourth-order valence-electron chi connectivity index (χ4n) is 2.97. The second kappa shape index (κ2) is 9.76. The Balaban J connectivity index is 2.19. The fraction of sp³-hybridized carbons (Fsp3) is 0.364. The molecule has 0 fully saturated rings. The number of benzene rings is 2. The lowest BCUT2D eigenvalue weighted by atomic mass is 10.1. The van der Waals surface area contributed by atoms with Gasteiger partial charge in [-0.15, -0.1) is 0 Å². The van der Waals surface area contributed by atoms with Crippen molar-refractivity contribution in [2.75, 3.05) is 13.7 Å². The number of hydrogen-bond acceptors (Lipinski definition) is 3. The Labute approximate surface area is 161 Å². The number of carbonyl (C=O) groups excluding carboxylic acids is 2. The first-order valence-electron chi connectivity index (χ1n) is 9.21. The Bertz CT molecular complexity index is 774. The zero-order chi connectivity index (χ0) is 19.8. The molecule has 27 heavy (non-hydrogen) atoms. The van der Waals surface area contributed by atoms with Crippen LogP contribution in [0.5, 0.6) is 5.75 Å². The maximum Gasteiger partial charge on any atom is 0.261 e. The molecule has 5 heteroatoms. The minimum absolute atomic E-state index is 0.107.